The first kappa shape index (κ1) is 24.4. The van der Waals surface area contributed by atoms with Crippen LogP contribution in [0.3, 0.4) is 0 Å². The van der Waals surface area contributed by atoms with Crippen molar-refractivity contribution in [2.24, 2.45) is 0 Å². The van der Waals surface area contributed by atoms with Crippen LogP contribution in [0.5, 0.6) is 0 Å². The van der Waals surface area contributed by atoms with Gasteiger partial charge < -0.3 is 9.88 Å². The van der Waals surface area contributed by atoms with Crippen LogP contribution < -0.4 is 15.5 Å². The number of carbonyl (C=O) groups is 3. The molecule has 0 spiro atoms. The number of benzene rings is 2. The summed E-state index contributed by atoms with van der Waals surface area (Å²) in [4.78, 5) is 38.8. The fourth-order valence-electron chi connectivity index (χ4n) is 4.10. The van der Waals surface area contributed by atoms with Gasteiger partial charge in [-0.1, -0.05) is 17.7 Å². The Hall–Kier alpha value is -3.75. The normalized spacial score (nSPS) is 14.9. The molecule has 1 fully saturated rings. The molecular weight excluding hydrogens is 484 g/mol. The summed E-state index contributed by atoms with van der Waals surface area (Å²) < 4.78 is 2.01. The molecule has 0 bridgehead atoms. The van der Waals surface area contributed by atoms with Crippen LogP contribution in [-0.4, -0.2) is 27.4 Å². The second-order valence-electron chi connectivity index (χ2n) is 8.23. The van der Waals surface area contributed by atoms with Crippen molar-refractivity contribution >= 4 is 64.1 Å². The summed E-state index contributed by atoms with van der Waals surface area (Å²) in [6, 6.07) is 14.5. The molecule has 2 aromatic carbocycles. The van der Waals surface area contributed by atoms with E-state index in [1.54, 1.807) is 31.2 Å². The number of nitrogens with zero attached hydrogens (tertiary/aromatic N) is 2. The van der Waals surface area contributed by atoms with Crippen molar-refractivity contribution in [1.29, 1.82) is 0 Å². The molecule has 7 nitrogen and oxygen atoms in total. The highest BCUT2D eigenvalue weighted by Gasteiger charge is 2.35. The summed E-state index contributed by atoms with van der Waals surface area (Å²) in [5, 5.41) is 5.86. The van der Waals surface area contributed by atoms with E-state index in [0.29, 0.717) is 22.0 Å². The van der Waals surface area contributed by atoms with Gasteiger partial charge in [0.2, 0.25) is 5.91 Å². The minimum absolute atomic E-state index is 0.00671. The van der Waals surface area contributed by atoms with Gasteiger partial charge in [0.05, 0.1) is 5.69 Å². The Morgan fingerprint density at radius 2 is 1.77 bits per heavy atom. The Kier molecular flexibility index (Phi) is 6.60. The molecule has 35 heavy (non-hydrogen) atoms. The standard InChI is InChI=1S/C26H23ClN4O3S/c1-14-12-18(16(3)30(14)20-10-8-19(9-11-20)28-17(4)32)13-21-24(33)29-26(35)31(25(21)34)23-7-5-6-22(27)15(23)2/h5-13H,1-4H3,(H,28,32)(H,29,33,35)/b21-13-. The van der Waals surface area contributed by atoms with Crippen LogP contribution in [0.1, 0.15) is 29.4 Å². The van der Waals surface area contributed by atoms with E-state index in [0.717, 1.165) is 22.6 Å². The summed E-state index contributed by atoms with van der Waals surface area (Å²) in [7, 11) is 0. The van der Waals surface area contributed by atoms with Gasteiger partial charge in [0.1, 0.15) is 5.57 Å². The number of rotatable bonds is 4. The summed E-state index contributed by atoms with van der Waals surface area (Å²) >= 11 is 11.6. The monoisotopic (exact) mass is 506 g/mol. The number of hydrogen-bond acceptors (Lipinski definition) is 4. The van der Waals surface area contributed by atoms with Crippen LogP contribution in [0, 0.1) is 20.8 Å². The maximum absolute atomic E-state index is 13.4. The minimum atomic E-state index is -0.555. The summed E-state index contributed by atoms with van der Waals surface area (Å²) in [6.07, 6.45) is 1.58. The van der Waals surface area contributed by atoms with Crippen molar-refractivity contribution in [2.75, 3.05) is 10.2 Å². The lowest BCUT2D eigenvalue weighted by Crippen LogP contribution is -2.54. The number of aromatic nitrogens is 1. The molecule has 0 atom stereocenters. The van der Waals surface area contributed by atoms with Crippen LogP contribution in [0.15, 0.2) is 54.1 Å². The van der Waals surface area contributed by atoms with E-state index < -0.39 is 11.8 Å². The molecule has 0 aliphatic carbocycles. The van der Waals surface area contributed by atoms with E-state index in [4.69, 9.17) is 23.8 Å². The number of thiocarbonyl (C=S) groups is 1. The van der Waals surface area contributed by atoms with Gasteiger partial charge in [0.15, 0.2) is 5.11 Å². The zero-order valence-electron chi connectivity index (χ0n) is 19.6. The molecule has 1 aliphatic heterocycles. The van der Waals surface area contributed by atoms with Crippen molar-refractivity contribution in [2.45, 2.75) is 27.7 Å². The molecule has 0 unspecified atom stereocenters. The predicted molar refractivity (Wildman–Crippen MR) is 142 cm³/mol. The molecule has 4 rings (SSSR count). The Balaban J connectivity index is 1.73. The number of amides is 3. The smallest absolute Gasteiger partial charge is 0.270 e. The van der Waals surface area contributed by atoms with Crippen molar-refractivity contribution in [3.63, 3.8) is 0 Å². The van der Waals surface area contributed by atoms with Crippen LogP contribution in [0.4, 0.5) is 11.4 Å². The Bertz CT molecular complexity index is 1420. The topological polar surface area (TPSA) is 83.4 Å². The van der Waals surface area contributed by atoms with Crippen molar-refractivity contribution < 1.29 is 14.4 Å². The number of nitrogens with one attached hydrogen (secondary N) is 2. The zero-order valence-corrected chi connectivity index (χ0v) is 21.2. The average Bonchev–Trinajstić information content (AvgIpc) is 3.07. The first-order valence-corrected chi connectivity index (χ1v) is 11.6. The van der Waals surface area contributed by atoms with E-state index in [1.165, 1.54) is 11.8 Å². The van der Waals surface area contributed by atoms with Crippen LogP contribution in [-0.2, 0) is 14.4 Å². The molecule has 0 saturated carbocycles. The molecule has 3 amide bonds. The van der Waals surface area contributed by atoms with E-state index in [-0.39, 0.29) is 16.6 Å². The third-order valence-electron chi connectivity index (χ3n) is 5.80. The van der Waals surface area contributed by atoms with Gasteiger partial charge in [0.25, 0.3) is 11.8 Å². The molecule has 1 aromatic heterocycles. The Morgan fingerprint density at radius 3 is 2.43 bits per heavy atom. The fourth-order valence-corrected chi connectivity index (χ4v) is 4.54. The average molecular weight is 507 g/mol. The maximum Gasteiger partial charge on any atom is 0.270 e. The van der Waals surface area contributed by atoms with Gasteiger partial charge in [-0.2, -0.15) is 0 Å². The van der Waals surface area contributed by atoms with E-state index in [1.807, 2.05) is 48.7 Å². The molecule has 1 aliphatic rings. The second kappa shape index (κ2) is 9.48. The summed E-state index contributed by atoms with van der Waals surface area (Å²) in [5.41, 5.74) is 5.24. The van der Waals surface area contributed by atoms with Gasteiger partial charge in [-0.25, -0.2) is 0 Å². The Labute approximate surface area is 213 Å². The highest BCUT2D eigenvalue weighted by molar-refractivity contribution is 7.80. The highest BCUT2D eigenvalue weighted by atomic mass is 35.5. The number of carbonyl (C=O) groups excluding carboxylic acids is 3. The molecule has 178 valence electrons. The second-order valence-corrected chi connectivity index (χ2v) is 9.03. The molecular formula is C26H23ClN4O3S. The van der Waals surface area contributed by atoms with Gasteiger partial charge in [-0.15, -0.1) is 0 Å². The predicted octanol–water partition coefficient (Wildman–Crippen LogP) is 4.85. The zero-order chi connectivity index (χ0) is 25.4. The molecule has 0 radical (unpaired) electrons. The van der Waals surface area contributed by atoms with Gasteiger partial charge in [-0.3, -0.25) is 24.6 Å². The molecule has 1 saturated heterocycles. The van der Waals surface area contributed by atoms with Crippen LogP contribution in [0.2, 0.25) is 5.02 Å². The number of anilines is 2. The number of hydrogen-bond donors (Lipinski definition) is 2. The highest BCUT2D eigenvalue weighted by Crippen LogP contribution is 2.30. The lowest BCUT2D eigenvalue weighted by molar-refractivity contribution is -0.122. The van der Waals surface area contributed by atoms with E-state index in [2.05, 4.69) is 10.6 Å². The van der Waals surface area contributed by atoms with Gasteiger partial charge in [-0.05, 0) is 92.7 Å². The third-order valence-corrected chi connectivity index (χ3v) is 6.49. The van der Waals surface area contributed by atoms with Crippen molar-refractivity contribution in [3.05, 3.63) is 81.6 Å². The molecule has 3 aromatic rings. The lowest BCUT2D eigenvalue weighted by Gasteiger charge is -2.30. The summed E-state index contributed by atoms with van der Waals surface area (Å²) in [6.45, 7) is 7.10. The third kappa shape index (κ3) is 4.62. The van der Waals surface area contributed by atoms with E-state index >= 15 is 0 Å². The lowest BCUT2D eigenvalue weighted by atomic mass is 10.1. The number of halogens is 1. The van der Waals surface area contributed by atoms with Crippen LogP contribution >= 0.6 is 23.8 Å². The SMILES string of the molecule is CC(=O)Nc1ccc(-n2c(C)cc(/C=C3/C(=O)NC(=S)N(c4cccc(Cl)c4C)C3=O)c2C)cc1. The minimum Gasteiger partial charge on any atom is -0.326 e. The summed E-state index contributed by atoms with van der Waals surface area (Å²) in [5.74, 6) is -1.22. The van der Waals surface area contributed by atoms with Crippen molar-refractivity contribution in [3.8, 4) is 5.69 Å². The maximum atomic E-state index is 13.4. The molecule has 2 heterocycles. The first-order valence-electron chi connectivity index (χ1n) is 10.8. The van der Waals surface area contributed by atoms with Crippen LogP contribution in [0.25, 0.3) is 11.8 Å². The number of aryl methyl sites for hydroxylation is 1. The Morgan fingerprint density at radius 1 is 1.09 bits per heavy atom. The quantitative estimate of drug-likeness (QED) is 0.301. The van der Waals surface area contributed by atoms with E-state index in [9.17, 15) is 14.4 Å². The van der Waals surface area contributed by atoms with Crippen molar-refractivity contribution in [1.82, 2.24) is 9.88 Å². The fraction of sp³-hybridized carbons (Fsp3) is 0.154. The molecule has 9 heteroatoms. The molecule has 2 N–H and O–H groups in total. The van der Waals surface area contributed by atoms with Gasteiger partial charge >= 0.3 is 0 Å². The largest absolute Gasteiger partial charge is 0.326 e. The first-order chi connectivity index (χ1) is 16.6. The van der Waals surface area contributed by atoms with Gasteiger partial charge in [0, 0.05) is 34.7 Å².